The average Bonchev–Trinajstić information content (AvgIpc) is 2.18. The van der Waals surface area contributed by atoms with E-state index >= 15 is 0 Å². The summed E-state index contributed by atoms with van der Waals surface area (Å²) < 4.78 is 0.558. The van der Waals surface area contributed by atoms with Gasteiger partial charge in [-0.1, -0.05) is 6.07 Å². The first-order chi connectivity index (χ1) is 6.66. The highest BCUT2D eigenvalue weighted by Crippen LogP contribution is 2.23. The molecule has 1 aromatic heterocycles. The third-order valence-corrected chi connectivity index (χ3v) is 2.55. The minimum absolute atomic E-state index is 0.336. The zero-order valence-corrected chi connectivity index (χ0v) is 9.40. The molecule has 3 N–H and O–H groups in total. The quantitative estimate of drug-likeness (QED) is 0.689. The van der Waals surface area contributed by atoms with Gasteiger partial charge < -0.3 is 15.5 Å². The number of rotatable bonds is 4. The van der Waals surface area contributed by atoms with Crippen molar-refractivity contribution in [3.63, 3.8) is 0 Å². The van der Waals surface area contributed by atoms with Crippen LogP contribution >= 0.6 is 15.9 Å². The van der Waals surface area contributed by atoms with Crippen LogP contribution in [0.4, 0.5) is 0 Å². The van der Waals surface area contributed by atoms with Crippen LogP contribution in [0.1, 0.15) is 11.7 Å². The fourth-order valence-corrected chi connectivity index (χ4v) is 1.63. The monoisotopic (exact) mass is 260 g/mol. The molecular formula is C9H13BrN2O2. The number of nitrogens with zero attached hydrogens (tertiary/aromatic N) is 1. The molecular weight excluding hydrogens is 248 g/mol. The summed E-state index contributed by atoms with van der Waals surface area (Å²) in [6, 6.07) is 3.44. The zero-order chi connectivity index (χ0) is 10.6. The van der Waals surface area contributed by atoms with Crippen LogP contribution in [0.25, 0.3) is 0 Å². The topological polar surface area (TPSA) is 65.4 Å². The van der Waals surface area contributed by atoms with Crippen LogP contribution in [0.5, 0.6) is 0 Å². The molecule has 0 radical (unpaired) electrons. The number of hydrogen-bond acceptors (Lipinski definition) is 4. The lowest BCUT2D eigenvalue weighted by atomic mass is 10.1. The van der Waals surface area contributed by atoms with Gasteiger partial charge >= 0.3 is 0 Å². The number of nitrogens with one attached hydrogen (secondary N) is 1. The van der Waals surface area contributed by atoms with Gasteiger partial charge in [-0.2, -0.15) is 0 Å². The van der Waals surface area contributed by atoms with E-state index in [0.29, 0.717) is 16.7 Å². The van der Waals surface area contributed by atoms with Crippen molar-refractivity contribution in [1.29, 1.82) is 0 Å². The van der Waals surface area contributed by atoms with E-state index in [1.807, 2.05) is 0 Å². The fraction of sp³-hybridized carbons (Fsp3) is 0.444. The molecule has 0 bridgehead atoms. The minimum atomic E-state index is -0.925. The maximum Gasteiger partial charge on any atom is 0.111 e. The highest BCUT2D eigenvalue weighted by molar-refractivity contribution is 9.10. The molecule has 0 fully saturated rings. The molecule has 2 atom stereocenters. The lowest BCUT2D eigenvalue weighted by Gasteiger charge is -2.18. The van der Waals surface area contributed by atoms with Crippen molar-refractivity contribution in [1.82, 2.24) is 10.3 Å². The van der Waals surface area contributed by atoms with Crippen molar-refractivity contribution in [2.24, 2.45) is 0 Å². The highest BCUT2D eigenvalue weighted by atomic mass is 79.9. The molecule has 0 amide bonds. The van der Waals surface area contributed by atoms with E-state index in [2.05, 4.69) is 26.2 Å². The zero-order valence-electron chi connectivity index (χ0n) is 7.81. The Kier molecular flexibility index (Phi) is 4.47. The molecule has 2 unspecified atom stereocenters. The highest BCUT2D eigenvalue weighted by Gasteiger charge is 2.19. The second-order valence-corrected chi connectivity index (χ2v) is 3.70. The van der Waals surface area contributed by atoms with Gasteiger partial charge in [0.05, 0.1) is 6.10 Å². The Bertz CT molecular complexity index is 296. The molecule has 0 aliphatic heterocycles. The van der Waals surface area contributed by atoms with E-state index in [4.69, 9.17) is 0 Å². The van der Waals surface area contributed by atoms with Crippen LogP contribution < -0.4 is 5.32 Å². The van der Waals surface area contributed by atoms with E-state index < -0.39 is 12.2 Å². The Labute approximate surface area is 91.1 Å². The molecule has 5 heteroatoms. The summed E-state index contributed by atoms with van der Waals surface area (Å²) in [5, 5.41) is 22.1. The molecule has 0 aliphatic rings. The number of pyridine rings is 1. The van der Waals surface area contributed by atoms with Gasteiger partial charge in [-0.25, -0.2) is 4.98 Å². The molecule has 1 heterocycles. The third kappa shape index (κ3) is 2.75. The lowest BCUT2D eigenvalue weighted by molar-refractivity contribution is 0.0196. The molecule has 14 heavy (non-hydrogen) atoms. The van der Waals surface area contributed by atoms with Crippen molar-refractivity contribution < 1.29 is 10.2 Å². The summed E-state index contributed by atoms with van der Waals surface area (Å²) >= 11 is 3.21. The molecule has 0 aliphatic carbocycles. The first-order valence-corrected chi connectivity index (χ1v) is 5.07. The van der Waals surface area contributed by atoms with Gasteiger partial charge in [-0.3, -0.25) is 0 Å². The van der Waals surface area contributed by atoms with Crippen molar-refractivity contribution >= 4 is 15.9 Å². The predicted molar refractivity (Wildman–Crippen MR) is 56.8 cm³/mol. The Hall–Kier alpha value is -0.490. The van der Waals surface area contributed by atoms with Gasteiger partial charge in [0.25, 0.3) is 0 Å². The lowest BCUT2D eigenvalue weighted by Crippen LogP contribution is -2.29. The van der Waals surface area contributed by atoms with Gasteiger partial charge in [0.15, 0.2) is 0 Å². The summed E-state index contributed by atoms with van der Waals surface area (Å²) in [4.78, 5) is 3.97. The normalized spacial score (nSPS) is 15.1. The van der Waals surface area contributed by atoms with Gasteiger partial charge in [-0.15, -0.1) is 0 Å². The van der Waals surface area contributed by atoms with Crippen LogP contribution in [0.2, 0.25) is 0 Å². The van der Waals surface area contributed by atoms with Crippen molar-refractivity contribution in [3.05, 3.63) is 28.5 Å². The summed E-state index contributed by atoms with van der Waals surface area (Å²) in [6.07, 6.45) is -0.142. The van der Waals surface area contributed by atoms with Crippen LogP contribution in [0, 0.1) is 0 Å². The Morgan fingerprint density at radius 1 is 1.57 bits per heavy atom. The van der Waals surface area contributed by atoms with Crippen molar-refractivity contribution in [3.8, 4) is 0 Å². The van der Waals surface area contributed by atoms with Crippen LogP contribution in [0.15, 0.2) is 22.9 Å². The Balaban J connectivity index is 2.78. The van der Waals surface area contributed by atoms with Gasteiger partial charge in [-0.05, 0) is 29.0 Å². The molecule has 0 spiro atoms. The second kappa shape index (κ2) is 5.41. The number of aliphatic hydroxyl groups excluding tert-OH is 2. The van der Waals surface area contributed by atoms with Crippen LogP contribution in [-0.2, 0) is 0 Å². The van der Waals surface area contributed by atoms with Crippen molar-refractivity contribution in [2.45, 2.75) is 12.2 Å². The number of aromatic nitrogens is 1. The summed E-state index contributed by atoms with van der Waals surface area (Å²) in [5.74, 6) is 0. The first-order valence-electron chi connectivity index (χ1n) is 4.28. The van der Waals surface area contributed by atoms with E-state index in [1.54, 1.807) is 25.4 Å². The number of hydrogen-bond donors (Lipinski definition) is 3. The fourth-order valence-electron chi connectivity index (χ4n) is 1.15. The molecule has 0 saturated carbocycles. The smallest absolute Gasteiger partial charge is 0.111 e. The first kappa shape index (κ1) is 11.6. The molecule has 4 nitrogen and oxygen atoms in total. The van der Waals surface area contributed by atoms with E-state index in [9.17, 15) is 10.2 Å². The Morgan fingerprint density at radius 2 is 2.29 bits per heavy atom. The Morgan fingerprint density at radius 3 is 2.86 bits per heavy atom. The van der Waals surface area contributed by atoms with Gasteiger partial charge in [0, 0.05) is 18.3 Å². The standard InChI is InChI=1S/C9H13BrN2O2/c1-11-5-7(13)8(14)6-3-2-4-12-9(6)10/h2-4,7-8,11,13-14H,5H2,1H3. The molecule has 78 valence electrons. The van der Waals surface area contributed by atoms with Crippen LogP contribution in [-0.4, -0.2) is 34.9 Å². The molecule has 0 saturated heterocycles. The summed E-state index contributed by atoms with van der Waals surface area (Å²) in [6.45, 7) is 0.336. The van der Waals surface area contributed by atoms with E-state index in [0.717, 1.165) is 0 Å². The largest absolute Gasteiger partial charge is 0.389 e. The maximum absolute atomic E-state index is 9.74. The van der Waals surface area contributed by atoms with Gasteiger partial charge in [0.2, 0.25) is 0 Å². The summed E-state index contributed by atoms with van der Waals surface area (Å²) in [7, 11) is 1.72. The maximum atomic E-state index is 9.74. The van der Waals surface area contributed by atoms with Crippen LogP contribution in [0.3, 0.4) is 0 Å². The number of likely N-dealkylation sites (N-methyl/N-ethyl adjacent to an activating group) is 1. The van der Waals surface area contributed by atoms with E-state index in [-0.39, 0.29) is 0 Å². The average molecular weight is 261 g/mol. The second-order valence-electron chi connectivity index (χ2n) is 2.95. The number of aliphatic hydroxyl groups is 2. The number of halogens is 1. The minimum Gasteiger partial charge on any atom is -0.389 e. The van der Waals surface area contributed by atoms with Crippen molar-refractivity contribution in [2.75, 3.05) is 13.6 Å². The molecule has 1 aromatic rings. The van der Waals surface area contributed by atoms with Gasteiger partial charge in [0.1, 0.15) is 10.7 Å². The predicted octanol–water partition coefficient (Wildman–Crippen LogP) is 0.458. The molecule has 1 rings (SSSR count). The third-order valence-electron chi connectivity index (χ3n) is 1.88. The SMILES string of the molecule is CNCC(O)C(O)c1cccnc1Br. The van der Waals surface area contributed by atoms with E-state index in [1.165, 1.54) is 0 Å². The summed E-state index contributed by atoms with van der Waals surface area (Å²) in [5.41, 5.74) is 0.593. The molecule has 0 aromatic carbocycles.